The molecule has 1 heterocycles. The molecule has 1 rings (SSSR count). The number of carbonyl (C=O) groups is 1. The maximum absolute atomic E-state index is 11.1. The van der Waals surface area contributed by atoms with Crippen molar-refractivity contribution in [2.45, 2.75) is 0 Å². The monoisotopic (exact) mass is 183 g/mol. The van der Waals surface area contributed by atoms with E-state index in [1.807, 2.05) is 25.4 Å². The second kappa shape index (κ2) is 4.09. The van der Waals surface area contributed by atoms with Crippen molar-refractivity contribution in [2.75, 3.05) is 27.7 Å². The minimum atomic E-state index is -0.342. The molecule has 1 N–H and O–H groups in total. The summed E-state index contributed by atoms with van der Waals surface area (Å²) in [5.41, 5.74) is 0. The van der Waals surface area contributed by atoms with Crippen molar-refractivity contribution in [3.63, 3.8) is 0 Å². The fraction of sp³-hybridized carbons (Fsp3) is 0.444. The Hall–Kier alpha value is -1.29. The summed E-state index contributed by atoms with van der Waals surface area (Å²) in [7, 11) is 5.32. The van der Waals surface area contributed by atoms with Crippen LogP contribution in [0, 0.1) is 0 Å². The minimum Gasteiger partial charge on any atom is -0.405 e. The van der Waals surface area contributed by atoms with Crippen LogP contribution in [0.15, 0.2) is 24.1 Å². The van der Waals surface area contributed by atoms with E-state index >= 15 is 0 Å². The van der Waals surface area contributed by atoms with Gasteiger partial charge in [-0.3, -0.25) is 0 Å². The van der Waals surface area contributed by atoms with E-state index in [1.54, 1.807) is 14.1 Å². The summed E-state index contributed by atoms with van der Waals surface area (Å²) >= 11 is 0. The molecule has 4 nitrogen and oxygen atoms in total. The number of allylic oxidation sites excluding steroid dienone is 1. The third-order valence-corrected chi connectivity index (χ3v) is 1.68. The number of amides is 1. The van der Waals surface area contributed by atoms with Gasteiger partial charge in [-0.15, -0.1) is 0 Å². The van der Waals surface area contributed by atoms with Crippen molar-refractivity contribution in [1.29, 1.82) is 0 Å². The molecule has 1 aliphatic rings. The van der Waals surface area contributed by atoms with E-state index in [4.69, 9.17) is 4.74 Å². The molecule has 13 heavy (non-hydrogen) atoms. The number of likely N-dealkylation sites (N-methyl/N-ethyl adjacent to an activating group) is 1. The average molecular weight is 183 g/mol. The highest BCUT2D eigenvalue weighted by Gasteiger charge is 2.11. The highest BCUT2D eigenvalue weighted by molar-refractivity contribution is 5.68. The molecule has 0 bridgehead atoms. The van der Waals surface area contributed by atoms with Crippen LogP contribution >= 0.6 is 0 Å². The summed E-state index contributed by atoms with van der Waals surface area (Å²) in [5, 5.41) is 0. The molecule has 4 heteroatoms. The number of carbonyl (C=O) groups excluding carboxylic acids is 1. The highest BCUT2D eigenvalue weighted by atomic mass is 16.6. The molecule has 1 amide bonds. The Labute approximate surface area is 78.1 Å². The van der Waals surface area contributed by atoms with Gasteiger partial charge in [0.25, 0.3) is 0 Å². The van der Waals surface area contributed by atoms with Gasteiger partial charge >= 0.3 is 6.09 Å². The van der Waals surface area contributed by atoms with Crippen LogP contribution in [0.2, 0.25) is 0 Å². The predicted octanol–water partition coefficient (Wildman–Crippen LogP) is -0.389. The number of nitrogens with zero attached hydrogens (tertiary/aromatic N) is 1. The fourth-order valence-electron chi connectivity index (χ4n) is 0.966. The smallest absolute Gasteiger partial charge is 0.405 e. The van der Waals surface area contributed by atoms with E-state index in [0.717, 1.165) is 6.54 Å². The maximum atomic E-state index is 11.1. The van der Waals surface area contributed by atoms with Crippen molar-refractivity contribution in [2.24, 2.45) is 0 Å². The largest absolute Gasteiger partial charge is 0.414 e. The van der Waals surface area contributed by atoms with Crippen LogP contribution < -0.4 is 4.90 Å². The van der Waals surface area contributed by atoms with Gasteiger partial charge in [0.1, 0.15) is 12.7 Å². The van der Waals surface area contributed by atoms with Gasteiger partial charge in [0.15, 0.2) is 5.76 Å². The van der Waals surface area contributed by atoms with Crippen LogP contribution in [0.1, 0.15) is 0 Å². The summed E-state index contributed by atoms with van der Waals surface area (Å²) in [6.07, 6.45) is 5.33. The zero-order valence-corrected chi connectivity index (χ0v) is 8.20. The first-order chi connectivity index (χ1) is 6.09. The van der Waals surface area contributed by atoms with Crippen LogP contribution in [-0.2, 0) is 4.74 Å². The van der Waals surface area contributed by atoms with Gasteiger partial charge in [0.2, 0.25) is 0 Å². The number of quaternary nitrogens is 1. The molecule has 72 valence electrons. The second-order valence-electron chi connectivity index (χ2n) is 3.26. The van der Waals surface area contributed by atoms with Crippen LogP contribution in [-0.4, -0.2) is 38.7 Å². The molecule has 1 unspecified atom stereocenters. The Morgan fingerprint density at radius 1 is 1.62 bits per heavy atom. The number of hydrogen-bond acceptors (Lipinski definition) is 2. The topological polar surface area (TPSA) is 34.0 Å². The highest BCUT2D eigenvalue weighted by Crippen LogP contribution is 2.01. The first-order valence-corrected chi connectivity index (χ1v) is 4.19. The molecule has 0 aromatic carbocycles. The zero-order valence-electron chi connectivity index (χ0n) is 8.20. The van der Waals surface area contributed by atoms with E-state index in [2.05, 4.69) is 0 Å². The van der Waals surface area contributed by atoms with Gasteiger partial charge in [-0.2, -0.15) is 0 Å². The molecule has 1 atom stereocenters. The molecule has 0 radical (unpaired) electrons. The van der Waals surface area contributed by atoms with E-state index in [1.165, 1.54) is 9.80 Å². The third kappa shape index (κ3) is 2.91. The number of rotatable bonds is 1. The Morgan fingerprint density at radius 3 is 2.85 bits per heavy atom. The summed E-state index contributed by atoms with van der Waals surface area (Å²) in [6, 6.07) is 0. The Kier molecular flexibility index (Phi) is 3.08. The van der Waals surface area contributed by atoms with Crippen molar-refractivity contribution in [3.8, 4) is 0 Å². The Balaban J connectivity index is 2.54. The van der Waals surface area contributed by atoms with E-state index in [9.17, 15) is 4.79 Å². The summed E-state index contributed by atoms with van der Waals surface area (Å²) in [6.45, 7) is 0.934. The van der Waals surface area contributed by atoms with Crippen LogP contribution in [0.3, 0.4) is 0 Å². The lowest BCUT2D eigenvalue weighted by Gasteiger charge is -2.14. The van der Waals surface area contributed by atoms with E-state index < -0.39 is 0 Å². The quantitative estimate of drug-likeness (QED) is 0.601. The molecular formula is C9H15N2O2+. The normalized spacial score (nSPS) is 20.8. The van der Waals surface area contributed by atoms with Gasteiger partial charge in [-0.05, 0) is 12.2 Å². The maximum Gasteiger partial charge on any atom is 0.414 e. The number of nitrogens with one attached hydrogen (secondary N) is 1. The Bertz CT molecular complexity index is 256. The number of ether oxygens (including phenoxy) is 1. The molecular weight excluding hydrogens is 168 g/mol. The van der Waals surface area contributed by atoms with Crippen LogP contribution in [0.25, 0.3) is 0 Å². The predicted molar refractivity (Wildman–Crippen MR) is 49.1 cm³/mol. The van der Waals surface area contributed by atoms with Gasteiger partial charge in [-0.1, -0.05) is 0 Å². The Morgan fingerprint density at radius 2 is 2.31 bits per heavy atom. The van der Waals surface area contributed by atoms with Crippen molar-refractivity contribution in [3.05, 3.63) is 24.1 Å². The lowest BCUT2D eigenvalue weighted by Crippen LogP contribution is -3.04. The van der Waals surface area contributed by atoms with Gasteiger partial charge in [0, 0.05) is 14.1 Å². The van der Waals surface area contributed by atoms with Gasteiger partial charge in [-0.25, -0.2) is 4.79 Å². The summed E-state index contributed by atoms with van der Waals surface area (Å²) < 4.78 is 5.06. The van der Waals surface area contributed by atoms with Crippen LogP contribution in [0.5, 0.6) is 0 Å². The molecule has 0 aliphatic carbocycles. The molecule has 0 spiro atoms. The van der Waals surface area contributed by atoms with Crippen molar-refractivity contribution < 1.29 is 14.4 Å². The average Bonchev–Trinajstić information content (AvgIpc) is 2.04. The zero-order chi connectivity index (χ0) is 9.84. The van der Waals surface area contributed by atoms with Crippen LogP contribution in [0.4, 0.5) is 4.79 Å². The first-order valence-electron chi connectivity index (χ1n) is 4.19. The molecule has 0 saturated heterocycles. The second-order valence-corrected chi connectivity index (χ2v) is 3.26. The lowest BCUT2D eigenvalue weighted by molar-refractivity contribution is -0.819. The van der Waals surface area contributed by atoms with E-state index in [-0.39, 0.29) is 6.09 Å². The summed E-state index contributed by atoms with van der Waals surface area (Å²) in [4.78, 5) is 13.7. The van der Waals surface area contributed by atoms with Gasteiger partial charge < -0.3 is 14.5 Å². The molecule has 0 aromatic heterocycles. The minimum absolute atomic E-state index is 0.342. The van der Waals surface area contributed by atoms with Crippen molar-refractivity contribution >= 4 is 6.09 Å². The molecule has 0 aromatic rings. The SMILES string of the molecule is CN(C)C(=O)OC1=C[NH+](C)CC=C1. The fourth-order valence-corrected chi connectivity index (χ4v) is 0.966. The lowest BCUT2D eigenvalue weighted by atomic mass is 10.3. The third-order valence-electron chi connectivity index (χ3n) is 1.68. The standard InChI is InChI=1S/C9H14N2O2/c1-10(2)9(12)13-8-5-4-6-11(3)7-8/h4-5,7H,6H2,1-3H3/p+1. The van der Waals surface area contributed by atoms with Crippen molar-refractivity contribution in [1.82, 2.24) is 4.90 Å². The molecule has 0 saturated carbocycles. The first kappa shape index (κ1) is 9.80. The molecule has 0 fully saturated rings. The van der Waals surface area contributed by atoms with E-state index in [0.29, 0.717) is 5.76 Å². The summed E-state index contributed by atoms with van der Waals surface area (Å²) in [5.74, 6) is 0.613. The molecule has 1 aliphatic heterocycles. The number of hydrogen-bond donors (Lipinski definition) is 1. The van der Waals surface area contributed by atoms with Gasteiger partial charge in [0.05, 0.1) is 7.05 Å².